The molecule has 45 heavy (non-hydrogen) atoms. The first kappa shape index (κ1) is 33.4. The average Bonchev–Trinajstić information content (AvgIpc) is 3.02. The number of aryl methyl sites for hydroxylation is 2. The fourth-order valence-corrected chi connectivity index (χ4v) is 6.39. The second-order valence-corrected chi connectivity index (χ2v) is 13.2. The molecule has 4 rings (SSSR count). The summed E-state index contributed by atoms with van der Waals surface area (Å²) in [6, 6.07) is 27.3. The lowest BCUT2D eigenvalue weighted by Crippen LogP contribution is -2.54. The maximum Gasteiger partial charge on any atom is 0.264 e. The van der Waals surface area contributed by atoms with E-state index in [0.29, 0.717) is 6.42 Å². The molecule has 0 heterocycles. The zero-order chi connectivity index (χ0) is 32.6. The molecule has 2 atom stereocenters. The largest absolute Gasteiger partial charge is 0.352 e. The molecular formula is C36H40FN3O4S. The zero-order valence-electron chi connectivity index (χ0n) is 26.1. The van der Waals surface area contributed by atoms with Gasteiger partial charge < -0.3 is 10.2 Å². The topological polar surface area (TPSA) is 86.8 Å². The van der Waals surface area contributed by atoms with Crippen LogP contribution in [0.3, 0.4) is 0 Å². The molecule has 4 aromatic carbocycles. The Hall–Kier alpha value is -4.50. The molecule has 2 amide bonds. The Kier molecular flexibility index (Phi) is 11.1. The Morgan fingerprint density at radius 2 is 1.47 bits per heavy atom. The summed E-state index contributed by atoms with van der Waals surface area (Å²) in [5.41, 5.74) is 3.84. The molecular weight excluding hydrogens is 589 g/mol. The fourth-order valence-electron chi connectivity index (χ4n) is 4.98. The van der Waals surface area contributed by atoms with E-state index in [4.69, 9.17) is 0 Å². The van der Waals surface area contributed by atoms with E-state index in [1.807, 2.05) is 82.3 Å². The van der Waals surface area contributed by atoms with Crippen molar-refractivity contribution in [2.24, 2.45) is 0 Å². The number of carbonyl (C=O) groups is 2. The minimum absolute atomic E-state index is 0.0876. The minimum Gasteiger partial charge on any atom is -0.352 e. The second kappa shape index (κ2) is 15.0. The number of benzene rings is 4. The Bertz CT molecular complexity index is 1690. The van der Waals surface area contributed by atoms with Crippen LogP contribution in [0.25, 0.3) is 0 Å². The Balaban J connectivity index is 1.80. The van der Waals surface area contributed by atoms with Gasteiger partial charge in [-0.25, -0.2) is 12.8 Å². The fraction of sp³-hybridized carbons (Fsp3) is 0.278. The molecule has 9 heteroatoms. The van der Waals surface area contributed by atoms with Crippen LogP contribution < -0.4 is 9.62 Å². The number of halogens is 1. The number of nitrogens with one attached hydrogen (secondary N) is 1. The Morgan fingerprint density at radius 3 is 2.09 bits per heavy atom. The number of hydrogen-bond donors (Lipinski definition) is 1. The van der Waals surface area contributed by atoms with Gasteiger partial charge in [-0.15, -0.1) is 0 Å². The molecule has 0 aliphatic carbocycles. The summed E-state index contributed by atoms with van der Waals surface area (Å²) in [6.07, 6.45) is 0.933. The van der Waals surface area contributed by atoms with Crippen molar-refractivity contribution in [2.75, 3.05) is 10.8 Å². The van der Waals surface area contributed by atoms with Crippen LogP contribution in [0.1, 0.15) is 42.5 Å². The highest BCUT2D eigenvalue weighted by Crippen LogP contribution is 2.26. The first-order valence-corrected chi connectivity index (χ1v) is 16.5. The molecule has 0 saturated carbocycles. The molecule has 0 aliphatic heterocycles. The zero-order valence-corrected chi connectivity index (χ0v) is 26.9. The number of carbonyl (C=O) groups excluding carboxylic acids is 2. The van der Waals surface area contributed by atoms with Gasteiger partial charge in [-0.3, -0.25) is 13.9 Å². The van der Waals surface area contributed by atoms with Gasteiger partial charge in [0.2, 0.25) is 11.8 Å². The molecule has 0 spiro atoms. The Labute approximate surface area is 265 Å². The SMILES string of the molecule is CC[C@@H](C)NC(=O)[C@H](Cc1ccccc1)N(Cc1cccc(C)c1)C(=O)CN(c1ccc(C)cc1)S(=O)(=O)c1ccc(F)cc1. The van der Waals surface area contributed by atoms with E-state index in [9.17, 15) is 22.4 Å². The van der Waals surface area contributed by atoms with Crippen LogP contribution in [0.5, 0.6) is 0 Å². The van der Waals surface area contributed by atoms with Crippen LogP contribution in [0, 0.1) is 19.7 Å². The summed E-state index contributed by atoms with van der Waals surface area (Å²) in [7, 11) is -4.30. The maximum absolute atomic E-state index is 14.5. The van der Waals surface area contributed by atoms with Gasteiger partial charge in [0.05, 0.1) is 10.6 Å². The summed E-state index contributed by atoms with van der Waals surface area (Å²) >= 11 is 0. The predicted molar refractivity (Wildman–Crippen MR) is 176 cm³/mol. The third-order valence-electron chi connectivity index (χ3n) is 7.71. The third-order valence-corrected chi connectivity index (χ3v) is 9.50. The Morgan fingerprint density at radius 1 is 0.822 bits per heavy atom. The summed E-state index contributed by atoms with van der Waals surface area (Å²) in [6.45, 7) is 7.20. The van der Waals surface area contributed by atoms with Gasteiger partial charge in [0.25, 0.3) is 10.0 Å². The van der Waals surface area contributed by atoms with Crippen molar-refractivity contribution in [3.63, 3.8) is 0 Å². The van der Waals surface area contributed by atoms with Crippen molar-refractivity contribution < 1.29 is 22.4 Å². The summed E-state index contributed by atoms with van der Waals surface area (Å²) < 4.78 is 42.8. The van der Waals surface area contributed by atoms with Gasteiger partial charge in [-0.05, 0) is 74.7 Å². The van der Waals surface area contributed by atoms with Crippen molar-refractivity contribution in [1.29, 1.82) is 0 Å². The van der Waals surface area contributed by atoms with Crippen LogP contribution in [0.15, 0.2) is 108 Å². The highest BCUT2D eigenvalue weighted by Gasteiger charge is 2.35. The van der Waals surface area contributed by atoms with Crippen molar-refractivity contribution in [3.05, 3.63) is 131 Å². The molecule has 0 saturated heterocycles. The molecule has 236 valence electrons. The molecule has 0 radical (unpaired) electrons. The molecule has 0 fully saturated rings. The maximum atomic E-state index is 14.5. The van der Waals surface area contributed by atoms with Gasteiger partial charge in [0.15, 0.2) is 0 Å². The van der Waals surface area contributed by atoms with Gasteiger partial charge in [-0.1, -0.05) is 84.8 Å². The second-order valence-electron chi connectivity index (χ2n) is 11.3. The number of rotatable bonds is 13. The lowest BCUT2D eigenvalue weighted by molar-refractivity contribution is -0.140. The minimum atomic E-state index is -4.30. The van der Waals surface area contributed by atoms with Crippen molar-refractivity contribution >= 4 is 27.5 Å². The summed E-state index contributed by atoms with van der Waals surface area (Å²) in [5, 5.41) is 3.03. The third kappa shape index (κ3) is 8.79. The summed E-state index contributed by atoms with van der Waals surface area (Å²) in [5.74, 6) is -1.45. The van der Waals surface area contributed by atoms with Gasteiger partial charge in [-0.2, -0.15) is 0 Å². The van der Waals surface area contributed by atoms with Gasteiger partial charge in [0.1, 0.15) is 18.4 Å². The number of nitrogens with zero attached hydrogens (tertiary/aromatic N) is 2. The molecule has 0 aliphatic rings. The van der Waals surface area contributed by atoms with Gasteiger partial charge >= 0.3 is 0 Å². The quantitative estimate of drug-likeness (QED) is 0.191. The molecule has 4 aromatic rings. The van der Waals surface area contributed by atoms with Crippen LogP contribution in [-0.2, 0) is 32.6 Å². The molecule has 0 unspecified atom stereocenters. The molecule has 0 aromatic heterocycles. The highest BCUT2D eigenvalue weighted by atomic mass is 32.2. The van der Waals surface area contributed by atoms with Crippen LogP contribution in [-0.4, -0.2) is 43.8 Å². The molecule has 0 bridgehead atoms. The van der Waals surface area contributed by atoms with E-state index in [1.54, 1.807) is 24.3 Å². The van der Waals surface area contributed by atoms with Crippen molar-refractivity contribution in [1.82, 2.24) is 10.2 Å². The van der Waals surface area contributed by atoms with Crippen LogP contribution in [0.2, 0.25) is 0 Å². The number of amides is 2. The normalized spacial score (nSPS) is 12.6. The first-order valence-electron chi connectivity index (χ1n) is 15.0. The van der Waals surface area contributed by atoms with Crippen molar-refractivity contribution in [2.45, 2.75) is 64.1 Å². The first-order chi connectivity index (χ1) is 21.5. The predicted octanol–water partition coefficient (Wildman–Crippen LogP) is 6.19. The average molecular weight is 630 g/mol. The van der Waals surface area contributed by atoms with Crippen molar-refractivity contribution in [3.8, 4) is 0 Å². The van der Waals surface area contributed by atoms with Gasteiger partial charge in [0, 0.05) is 19.0 Å². The number of anilines is 1. The van der Waals surface area contributed by atoms with E-state index in [2.05, 4.69) is 5.32 Å². The molecule has 7 nitrogen and oxygen atoms in total. The van der Waals surface area contributed by atoms with E-state index >= 15 is 0 Å². The van der Waals surface area contributed by atoms with E-state index < -0.39 is 34.3 Å². The van der Waals surface area contributed by atoms with Crippen LogP contribution in [0.4, 0.5) is 10.1 Å². The monoisotopic (exact) mass is 629 g/mol. The van der Waals surface area contributed by atoms with E-state index in [1.165, 1.54) is 17.0 Å². The highest BCUT2D eigenvalue weighted by molar-refractivity contribution is 7.92. The lowest BCUT2D eigenvalue weighted by atomic mass is 10.0. The van der Waals surface area contributed by atoms with Crippen LogP contribution >= 0.6 is 0 Å². The van der Waals surface area contributed by atoms with E-state index in [0.717, 1.165) is 38.7 Å². The number of hydrogen-bond acceptors (Lipinski definition) is 4. The standard InChI is InChI=1S/C36H40FN3O4S/c1-5-28(4)38-36(42)34(23-29-11-7-6-8-12-29)39(24-30-13-9-10-27(3)22-30)35(41)25-40(32-18-14-26(2)15-19-32)45(43,44)33-20-16-31(37)17-21-33/h6-22,28,34H,5,23-25H2,1-4H3,(H,38,42)/t28-,34+/m1/s1. The number of sulfonamides is 1. The summed E-state index contributed by atoms with van der Waals surface area (Å²) in [4.78, 5) is 29.7. The van der Waals surface area contributed by atoms with E-state index in [-0.39, 0.29) is 35.5 Å². The smallest absolute Gasteiger partial charge is 0.264 e. The molecule has 1 N–H and O–H groups in total. The lowest BCUT2D eigenvalue weighted by Gasteiger charge is -2.34.